The first-order valence-corrected chi connectivity index (χ1v) is 7.80. The smallest absolute Gasteiger partial charge is 0.139 e. The van der Waals surface area contributed by atoms with Crippen molar-refractivity contribution in [2.75, 3.05) is 6.61 Å². The van der Waals surface area contributed by atoms with Gasteiger partial charge in [-0.2, -0.15) is 0 Å². The molecule has 0 radical (unpaired) electrons. The van der Waals surface area contributed by atoms with Crippen molar-refractivity contribution in [1.82, 2.24) is 9.55 Å². The second-order valence-corrected chi connectivity index (χ2v) is 5.53. The average Bonchev–Trinajstić information content (AvgIpc) is 3.05. The maximum absolute atomic E-state index is 13.5. The number of imidazole rings is 1. The minimum absolute atomic E-state index is 0.126. The number of hydrogen-bond acceptors (Lipinski definition) is 3. The molecule has 4 nitrogen and oxygen atoms in total. The van der Waals surface area contributed by atoms with Gasteiger partial charge in [0.15, 0.2) is 0 Å². The largest absolute Gasteiger partial charge is 0.389 e. The topological polar surface area (TPSA) is 47.3 Å². The second-order valence-electron chi connectivity index (χ2n) is 5.53. The molecule has 3 rings (SSSR count). The van der Waals surface area contributed by atoms with E-state index in [1.165, 1.54) is 6.07 Å². The lowest BCUT2D eigenvalue weighted by Gasteiger charge is -2.14. The van der Waals surface area contributed by atoms with E-state index in [0.717, 1.165) is 11.4 Å². The zero-order valence-corrected chi connectivity index (χ0v) is 13.2. The number of aliphatic hydroxyl groups excluding tert-OH is 1. The van der Waals surface area contributed by atoms with Gasteiger partial charge in [0.25, 0.3) is 0 Å². The van der Waals surface area contributed by atoms with Crippen molar-refractivity contribution in [2.24, 2.45) is 0 Å². The number of halogens is 1. The van der Waals surface area contributed by atoms with Gasteiger partial charge in [-0.3, -0.25) is 0 Å². The van der Waals surface area contributed by atoms with Gasteiger partial charge in [0.2, 0.25) is 0 Å². The van der Waals surface area contributed by atoms with Crippen LogP contribution in [0.2, 0.25) is 0 Å². The lowest BCUT2D eigenvalue weighted by atomic mass is 10.2. The van der Waals surface area contributed by atoms with Crippen LogP contribution in [0.5, 0.6) is 0 Å². The Hall–Kier alpha value is -2.50. The van der Waals surface area contributed by atoms with Crippen LogP contribution in [0.1, 0.15) is 5.56 Å². The molecule has 1 unspecified atom stereocenters. The molecule has 1 N–H and O–H groups in total. The van der Waals surface area contributed by atoms with Crippen LogP contribution in [0.25, 0.3) is 11.4 Å². The summed E-state index contributed by atoms with van der Waals surface area (Å²) in [4.78, 5) is 4.34. The molecule has 0 saturated carbocycles. The molecule has 0 spiro atoms. The molecule has 1 heterocycles. The zero-order chi connectivity index (χ0) is 16.8. The summed E-state index contributed by atoms with van der Waals surface area (Å²) in [5.74, 6) is 0.497. The van der Waals surface area contributed by atoms with Crippen LogP contribution in [0, 0.1) is 5.82 Å². The quantitative estimate of drug-likeness (QED) is 0.725. The number of nitrogens with zero attached hydrogens (tertiary/aromatic N) is 2. The van der Waals surface area contributed by atoms with Gasteiger partial charge in [-0.1, -0.05) is 48.5 Å². The van der Waals surface area contributed by atoms with E-state index in [4.69, 9.17) is 4.74 Å². The lowest BCUT2D eigenvalue weighted by molar-refractivity contribution is 0.0196. The van der Waals surface area contributed by atoms with Gasteiger partial charge in [0, 0.05) is 23.5 Å². The Kier molecular flexibility index (Phi) is 5.36. The molecule has 0 aliphatic rings. The normalized spacial score (nSPS) is 12.2. The lowest BCUT2D eigenvalue weighted by Crippen LogP contribution is -2.22. The third kappa shape index (κ3) is 4.07. The van der Waals surface area contributed by atoms with Crippen LogP contribution in [0.4, 0.5) is 4.39 Å². The van der Waals surface area contributed by atoms with Crippen LogP contribution >= 0.6 is 0 Å². The van der Waals surface area contributed by atoms with Gasteiger partial charge in [0.1, 0.15) is 11.6 Å². The van der Waals surface area contributed by atoms with Crippen molar-refractivity contribution in [3.8, 4) is 11.4 Å². The molecule has 0 amide bonds. The Balaban J connectivity index is 1.55. The predicted octanol–water partition coefficient (Wildman–Crippen LogP) is 3.27. The second kappa shape index (κ2) is 7.86. The molecule has 5 heteroatoms. The summed E-state index contributed by atoms with van der Waals surface area (Å²) >= 11 is 0. The third-order valence-electron chi connectivity index (χ3n) is 3.68. The molecule has 1 aromatic heterocycles. The van der Waals surface area contributed by atoms with Crippen molar-refractivity contribution in [3.63, 3.8) is 0 Å². The van der Waals surface area contributed by atoms with Gasteiger partial charge in [-0.05, 0) is 6.07 Å². The first kappa shape index (κ1) is 16.4. The molecule has 0 fully saturated rings. The van der Waals surface area contributed by atoms with E-state index in [9.17, 15) is 9.50 Å². The molecular formula is C19H19FN2O2. The number of aliphatic hydroxyl groups is 1. The number of hydrogen-bond donors (Lipinski definition) is 1. The summed E-state index contributed by atoms with van der Waals surface area (Å²) in [6.07, 6.45) is 2.82. The first-order valence-electron chi connectivity index (χ1n) is 7.80. The van der Waals surface area contributed by atoms with Crippen LogP contribution in [-0.4, -0.2) is 27.4 Å². The highest BCUT2D eigenvalue weighted by molar-refractivity contribution is 5.55. The van der Waals surface area contributed by atoms with Gasteiger partial charge in [0.05, 0.1) is 25.9 Å². The number of benzene rings is 2. The van der Waals surface area contributed by atoms with Gasteiger partial charge < -0.3 is 14.4 Å². The first-order chi connectivity index (χ1) is 11.7. The summed E-state index contributed by atoms with van der Waals surface area (Å²) in [5, 5.41) is 10.2. The maximum Gasteiger partial charge on any atom is 0.139 e. The number of aromatic nitrogens is 2. The minimum atomic E-state index is -0.701. The van der Waals surface area contributed by atoms with Crippen LogP contribution < -0.4 is 0 Å². The third-order valence-corrected chi connectivity index (χ3v) is 3.68. The Labute approximate surface area is 140 Å². The highest BCUT2D eigenvalue weighted by Gasteiger charge is 2.11. The Morgan fingerprint density at radius 2 is 1.83 bits per heavy atom. The van der Waals surface area contributed by atoms with E-state index in [1.807, 2.05) is 41.1 Å². The van der Waals surface area contributed by atoms with E-state index in [2.05, 4.69) is 4.98 Å². The summed E-state index contributed by atoms with van der Waals surface area (Å²) in [6.45, 7) is 0.626. The van der Waals surface area contributed by atoms with E-state index < -0.39 is 6.10 Å². The van der Waals surface area contributed by atoms with Gasteiger partial charge >= 0.3 is 0 Å². The molecule has 24 heavy (non-hydrogen) atoms. The SMILES string of the molecule is OC(COCc1ccccc1F)Cn1ccnc1-c1ccccc1. The summed E-state index contributed by atoms with van der Waals surface area (Å²) in [5.41, 5.74) is 1.47. The van der Waals surface area contributed by atoms with E-state index in [1.54, 1.807) is 24.4 Å². The standard InChI is InChI=1S/C19H19FN2O2/c20-18-9-5-4-8-16(18)13-24-14-17(23)12-22-11-10-21-19(22)15-6-2-1-3-7-15/h1-11,17,23H,12-14H2. The van der Waals surface area contributed by atoms with Crippen molar-refractivity contribution >= 4 is 0 Å². The monoisotopic (exact) mass is 326 g/mol. The average molecular weight is 326 g/mol. The molecule has 0 bridgehead atoms. The Morgan fingerprint density at radius 3 is 2.62 bits per heavy atom. The maximum atomic E-state index is 13.5. The minimum Gasteiger partial charge on any atom is -0.389 e. The van der Waals surface area contributed by atoms with Crippen LogP contribution in [-0.2, 0) is 17.9 Å². The van der Waals surface area contributed by atoms with Crippen molar-refractivity contribution in [1.29, 1.82) is 0 Å². The van der Waals surface area contributed by atoms with Crippen molar-refractivity contribution in [2.45, 2.75) is 19.3 Å². The molecule has 0 aliphatic carbocycles. The van der Waals surface area contributed by atoms with Crippen molar-refractivity contribution < 1.29 is 14.2 Å². The van der Waals surface area contributed by atoms with E-state index >= 15 is 0 Å². The fourth-order valence-corrected chi connectivity index (χ4v) is 2.50. The van der Waals surface area contributed by atoms with Crippen molar-refractivity contribution in [3.05, 3.63) is 78.4 Å². The van der Waals surface area contributed by atoms with E-state index in [0.29, 0.717) is 12.1 Å². The highest BCUT2D eigenvalue weighted by Crippen LogP contribution is 2.17. The molecule has 0 saturated heterocycles. The number of ether oxygens (including phenoxy) is 1. The highest BCUT2D eigenvalue weighted by atomic mass is 19.1. The fraction of sp³-hybridized carbons (Fsp3) is 0.211. The van der Waals surface area contributed by atoms with Crippen LogP contribution in [0.3, 0.4) is 0 Å². The zero-order valence-electron chi connectivity index (χ0n) is 13.2. The molecule has 124 valence electrons. The van der Waals surface area contributed by atoms with Gasteiger partial charge in [-0.25, -0.2) is 9.37 Å². The fourth-order valence-electron chi connectivity index (χ4n) is 2.50. The molecule has 2 aromatic carbocycles. The summed E-state index contributed by atoms with van der Waals surface area (Å²) < 4.78 is 20.8. The molecule has 3 aromatic rings. The molecular weight excluding hydrogens is 307 g/mol. The molecule has 0 aliphatic heterocycles. The molecule has 1 atom stereocenters. The van der Waals surface area contributed by atoms with Crippen LogP contribution in [0.15, 0.2) is 67.0 Å². The summed E-state index contributed by atoms with van der Waals surface area (Å²) in [7, 11) is 0. The summed E-state index contributed by atoms with van der Waals surface area (Å²) in [6, 6.07) is 16.2. The van der Waals surface area contributed by atoms with Gasteiger partial charge in [-0.15, -0.1) is 0 Å². The Morgan fingerprint density at radius 1 is 1.08 bits per heavy atom. The Bertz CT molecular complexity index is 774. The van der Waals surface area contributed by atoms with E-state index in [-0.39, 0.29) is 19.0 Å². The predicted molar refractivity (Wildman–Crippen MR) is 89.7 cm³/mol. The number of rotatable bonds is 7.